The third-order valence-electron chi connectivity index (χ3n) is 5.10. The molecule has 0 heterocycles. The van der Waals surface area contributed by atoms with Crippen molar-refractivity contribution in [2.75, 3.05) is 28.6 Å². The molecule has 0 atom stereocenters. The molecule has 0 aromatic heterocycles. The van der Waals surface area contributed by atoms with Crippen molar-refractivity contribution < 1.29 is 19.2 Å². The number of benzene rings is 3. The number of amides is 6. The van der Waals surface area contributed by atoms with Crippen LogP contribution in [0.4, 0.5) is 26.7 Å². The second kappa shape index (κ2) is 15.0. The minimum absolute atomic E-state index is 0.0664. The van der Waals surface area contributed by atoms with Crippen molar-refractivity contribution in [1.29, 1.82) is 0 Å². The number of hydrogen-bond acceptors (Lipinski definition) is 5. The molecule has 0 bridgehead atoms. The Labute approximate surface area is 233 Å². The molecule has 0 unspecified atom stereocenters. The lowest BCUT2D eigenvalue weighted by Crippen LogP contribution is -2.46. The molecule has 3 rings (SSSR count). The van der Waals surface area contributed by atoms with Crippen LogP contribution in [-0.4, -0.2) is 37.0 Å². The van der Waals surface area contributed by atoms with Gasteiger partial charge in [-0.05, 0) is 71.1 Å². The van der Waals surface area contributed by atoms with E-state index in [1.54, 1.807) is 48.5 Å². The van der Waals surface area contributed by atoms with Gasteiger partial charge in [-0.1, -0.05) is 36.4 Å². The molecule has 3 aromatic rings. The number of carbonyl (C=O) groups is 4. The van der Waals surface area contributed by atoms with E-state index in [2.05, 4.69) is 54.9 Å². The Morgan fingerprint density at radius 1 is 0.579 bits per heavy atom. The summed E-state index contributed by atoms with van der Waals surface area (Å²) in [7, 11) is 0. The molecule has 0 aliphatic heterocycles. The van der Waals surface area contributed by atoms with Crippen molar-refractivity contribution in [3.05, 3.63) is 88.5 Å². The molecule has 0 spiro atoms. The van der Waals surface area contributed by atoms with E-state index in [4.69, 9.17) is 0 Å². The number of hydrazine groups is 2. The number of anilines is 3. The van der Waals surface area contributed by atoms with E-state index >= 15 is 0 Å². The van der Waals surface area contributed by atoms with Gasteiger partial charge in [0.2, 0.25) is 11.8 Å². The third-order valence-corrected chi connectivity index (χ3v) is 5.82. The lowest BCUT2D eigenvalue weighted by atomic mass is 10.2. The SMILES string of the molecule is O=C(CCN(CCC(=O)NNC(=O)Nc1ccccc1)c1ccc(I)cc1)NNC(=O)Nc1ccccc1. The van der Waals surface area contributed by atoms with Crippen LogP contribution in [0, 0.1) is 3.57 Å². The van der Waals surface area contributed by atoms with Crippen molar-refractivity contribution in [3.8, 4) is 0 Å². The quantitative estimate of drug-likeness (QED) is 0.159. The summed E-state index contributed by atoms with van der Waals surface area (Å²) in [6.45, 7) is 0.590. The average molecular weight is 629 g/mol. The number of hydrogen-bond donors (Lipinski definition) is 6. The van der Waals surface area contributed by atoms with Gasteiger partial charge >= 0.3 is 12.1 Å². The number of para-hydroxylation sites is 2. The molecule has 0 aliphatic carbocycles. The van der Waals surface area contributed by atoms with Crippen LogP contribution in [-0.2, 0) is 9.59 Å². The average Bonchev–Trinajstić information content (AvgIpc) is 2.92. The van der Waals surface area contributed by atoms with Gasteiger partial charge in [-0.2, -0.15) is 0 Å². The van der Waals surface area contributed by atoms with Gasteiger partial charge in [0, 0.05) is 46.6 Å². The highest BCUT2D eigenvalue weighted by molar-refractivity contribution is 14.1. The first kappa shape index (κ1) is 28.2. The van der Waals surface area contributed by atoms with E-state index in [9.17, 15) is 19.2 Å². The Morgan fingerprint density at radius 2 is 1.00 bits per heavy atom. The summed E-state index contributed by atoms with van der Waals surface area (Å²) in [5, 5.41) is 5.21. The van der Waals surface area contributed by atoms with Gasteiger partial charge in [0.1, 0.15) is 0 Å². The summed E-state index contributed by atoms with van der Waals surface area (Å²) in [4.78, 5) is 50.5. The first-order chi connectivity index (χ1) is 18.4. The normalized spacial score (nSPS) is 10.0. The molecule has 0 aliphatic rings. The van der Waals surface area contributed by atoms with Gasteiger partial charge < -0.3 is 15.5 Å². The topological polar surface area (TPSA) is 144 Å². The van der Waals surface area contributed by atoms with Crippen LogP contribution < -0.4 is 37.2 Å². The van der Waals surface area contributed by atoms with Crippen LogP contribution in [0.15, 0.2) is 84.9 Å². The first-order valence-electron chi connectivity index (χ1n) is 11.7. The Morgan fingerprint density at radius 3 is 1.42 bits per heavy atom. The molecule has 0 saturated heterocycles. The smallest absolute Gasteiger partial charge is 0.337 e. The van der Waals surface area contributed by atoms with Gasteiger partial charge in [-0.15, -0.1) is 0 Å². The molecule has 6 amide bonds. The van der Waals surface area contributed by atoms with Gasteiger partial charge in [0.25, 0.3) is 0 Å². The Bertz CT molecular complexity index is 1140. The summed E-state index contributed by atoms with van der Waals surface area (Å²) in [6, 6.07) is 24.2. The highest BCUT2D eigenvalue weighted by Gasteiger charge is 2.13. The van der Waals surface area contributed by atoms with Gasteiger partial charge in [0.15, 0.2) is 0 Å². The van der Waals surface area contributed by atoms with Gasteiger partial charge in [0.05, 0.1) is 0 Å². The van der Waals surface area contributed by atoms with Crippen LogP contribution in [0.3, 0.4) is 0 Å². The molecular formula is C26H28IN7O4. The number of nitrogens with zero attached hydrogens (tertiary/aromatic N) is 1. The molecule has 3 aromatic carbocycles. The molecular weight excluding hydrogens is 601 g/mol. The zero-order chi connectivity index (χ0) is 27.2. The number of urea groups is 2. The fraction of sp³-hybridized carbons (Fsp3) is 0.154. The van der Waals surface area contributed by atoms with Crippen molar-refractivity contribution in [1.82, 2.24) is 21.7 Å². The monoisotopic (exact) mass is 629 g/mol. The van der Waals surface area contributed by atoms with Crippen molar-refractivity contribution in [2.24, 2.45) is 0 Å². The zero-order valence-electron chi connectivity index (χ0n) is 20.4. The molecule has 0 fully saturated rings. The maximum atomic E-state index is 12.3. The van der Waals surface area contributed by atoms with E-state index in [0.29, 0.717) is 24.5 Å². The summed E-state index contributed by atoms with van der Waals surface area (Å²) in [6.07, 6.45) is 0.133. The largest absolute Gasteiger partial charge is 0.370 e. The molecule has 12 heteroatoms. The Balaban J connectivity index is 1.45. The maximum absolute atomic E-state index is 12.3. The standard InChI is InChI=1S/C26H28IN7O4/c27-19-11-13-22(14-12-19)34(17-15-23(35)30-32-25(37)28-20-7-3-1-4-8-20)18-16-24(36)31-33-26(38)29-21-9-5-2-6-10-21/h1-14H,15-18H2,(H,30,35)(H,31,36)(H2,28,32,37)(H2,29,33,38). The van der Waals surface area contributed by atoms with E-state index in [0.717, 1.165) is 9.26 Å². The number of rotatable bonds is 9. The second-order valence-corrected chi connectivity index (χ2v) is 9.20. The predicted octanol–water partition coefficient (Wildman–Crippen LogP) is 3.58. The second-order valence-electron chi connectivity index (χ2n) is 7.95. The minimum Gasteiger partial charge on any atom is -0.370 e. The third kappa shape index (κ3) is 10.3. The van der Waals surface area contributed by atoms with Crippen LogP contribution >= 0.6 is 22.6 Å². The Kier molecular flexibility index (Phi) is 11.2. The number of halogens is 1. The van der Waals surface area contributed by atoms with Crippen LogP contribution in [0.1, 0.15) is 12.8 Å². The van der Waals surface area contributed by atoms with Crippen LogP contribution in [0.25, 0.3) is 0 Å². The number of carbonyl (C=O) groups excluding carboxylic acids is 4. The highest BCUT2D eigenvalue weighted by atomic mass is 127. The van der Waals surface area contributed by atoms with E-state index < -0.39 is 23.9 Å². The molecule has 0 saturated carbocycles. The molecule has 198 valence electrons. The molecule has 38 heavy (non-hydrogen) atoms. The van der Waals surface area contributed by atoms with Gasteiger partial charge in [-0.3, -0.25) is 20.4 Å². The number of nitrogens with one attached hydrogen (secondary N) is 6. The fourth-order valence-electron chi connectivity index (χ4n) is 3.24. The lowest BCUT2D eigenvalue weighted by molar-refractivity contribution is -0.122. The van der Waals surface area contributed by atoms with Gasteiger partial charge in [-0.25, -0.2) is 20.4 Å². The maximum Gasteiger partial charge on any atom is 0.337 e. The summed E-state index contributed by atoms with van der Waals surface area (Å²) in [5.41, 5.74) is 11.4. The predicted molar refractivity (Wildman–Crippen MR) is 154 cm³/mol. The summed E-state index contributed by atoms with van der Waals surface area (Å²) >= 11 is 2.19. The van der Waals surface area contributed by atoms with E-state index in [-0.39, 0.29) is 12.8 Å². The molecule has 6 N–H and O–H groups in total. The zero-order valence-corrected chi connectivity index (χ0v) is 22.5. The molecule has 0 radical (unpaired) electrons. The van der Waals surface area contributed by atoms with Crippen LogP contribution in [0.5, 0.6) is 0 Å². The van der Waals surface area contributed by atoms with Crippen molar-refractivity contribution >= 4 is 63.5 Å². The highest BCUT2D eigenvalue weighted by Crippen LogP contribution is 2.17. The van der Waals surface area contributed by atoms with Crippen molar-refractivity contribution in [2.45, 2.75) is 12.8 Å². The van der Waals surface area contributed by atoms with E-state index in [1.165, 1.54) is 0 Å². The summed E-state index contributed by atoms with van der Waals surface area (Å²) < 4.78 is 1.05. The Hall–Kier alpha value is -4.33. The van der Waals surface area contributed by atoms with Crippen molar-refractivity contribution in [3.63, 3.8) is 0 Å². The fourth-order valence-corrected chi connectivity index (χ4v) is 3.60. The van der Waals surface area contributed by atoms with E-state index in [1.807, 2.05) is 41.3 Å². The first-order valence-corrected chi connectivity index (χ1v) is 12.8. The molecule has 11 nitrogen and oxygen atoms in total. The minimum atomic E-state index is -0.570. The lowest BCUT2D eigenvalue weighted by Gasteiger charge is -2.24. The van der Waals surface area contributed by atoms with Crippen LogP contribution in [0.2, 0.25) is 0 Å². The summed E-state index contributed by atoms with van der Waals surface area (Å²) in [5.74, 6) is -0.792.